The summed E-state index contributed by atoms with van der Waals surface area (Å²) in [5, 5.41) is 0. The second-order valence-electron chi connectivity index (χ2n) is 4.32. The molecule has 0 saturated carbocycles. The summed E-state index contributed by atoms with van der Waals surface area (Å²) in [6.45, 7) is 3.82. The van der Waals surface area contributed by atoms with Crippen LogP contribution in [0.1, 0.15) is 11.1 Å². The predicted octanol–water partition coefficient (Wildman–Crippen LogP) is 2.08. The molecule has 0 fully saturated rings. The lowest BCUT2D eigenvalue weighted by Crippen LogP contribution is -2.14. The minimum absolute atomic E-state index is 0.104. The number of rotatable bonds is 3. The molecule has 0 aliphatic rings. The van der Waals surface area contributed by atoms with E-state index in [2.05, 4.69) is 9.71 Å². The van der Waals surface area contributed by atoms with E-state index in [1.54, 1.807) is 18.2 Å². The molecule has 0 aliphatic heterocycles. The fourth-order valence-electron chi connectivity index (χ4n) is 1.64. The van der Waals surface area contributed by atoms with Gasteiger partial charge in [0.1, 0.15) is 4.90 Å². The van der Waals surface area contributed by atoms with E-state index in [4.69, 9.17) is 5.73 Å². The first-order valence-corrected chi connectivity index (χ1v) is 7.18. The average Bonchev–Trinajstić information content (AvgIpc) is 2.37. The molecule has 2 rings (SSSR count). The number of aromatic nitrogens is 1. The monoisotopic (exact) mass is 277 g/mol. The number of hydrogen-bond donors (Lipinski definition) is 2. The van der Waals surface area contributed by atoms with Crippen LogP contribution in [0.15, 0.2) is 41.6 Å². The van der Waals surface area contributed by atoms with Crippen LogP contribution in [-0.4, -0.2) is 13.4 Å². The minimum atomic E-state index is -3.66. The van der Waals surface area contributed by atoms with Crippen molar-refractivity contribution in [1.29, 1.82) is 0 Å². The first-order valence-electron chi connectivity index (χ1n) is 5.70. The summed E-state index contributed by atoms with van der Waals surface area (Å²) in [5.74, 6) is 0. The van der Waals surface area contributed by atoms with Gasteiger partial charge in [-0.3, -0.25) is 9.71 Å². The Balaban J connectivity index is 2.39. The van der Waals surface area contributed by atoms with E-state index >= 15 is 0 Å². The van der Waals surface area contributed by atoms with Crippen molar-refractivity contribution in [3.05, 3.63) is 47.8 Å². The Hall–Kier alpha value is -2.08. The van der Waals surface area contributed by atoms with E-state index in [0.29, 0.717) is 11.4 Å². The fraction of sp³-hybridized carbons (Fsp3) is 0.154. The Morgan fingerprint density at radius 3 is 2.53 bits per heavy atom. The van der Waals surface area contributed by atoms with Crippen molar-refractivity contribution in [1.82, 2.24) is 4.98 Å². The Labute approximate surface area is 112 Å². The highest BCUT2D eigenvalue weighted by Crippen LogP contribution is 2.25. The lowest BCUT2D eigenvalue weighted by atomic mass is 10.1. The molecule has 0 radical (unpaired) electrons. The van der Waals surface area contributed by atoms with Gasteiger partial charge in [0.15, 0.2) is 0 Å². The van der Waals surface area contributed by atoms with E-state index in [0.717, 1.165) is 11.1 Å². The molecule has 0 bridgehead atoms. The van der Waals surface area contributed by atoms with Gasteiger partial charge in [-0.25, -0.2) is 8.42 Å². The fourth-order valence-corrected chi connectivity index (χ4v) is 2.68. The molecule has 19 heavy (non-hydrogen) atoms. The Bertz CT molecular complexity index is 697. The standard InChI is InChI=1S/C13H15N3O2S/c1-9-6-12(14)13(7-10(9)2)16-19(17,18)11-4-3-5-15-8-11/h3-8,16H,14H2,1-2H3. The minimum Gasteiger partial charge on any atom is -0.397 e. The zero-order chi connectivity index (χ0) is 14.0. The first-order chi connectivity index (χ1) is 8.90. The summed E-state index contributed by atoms with van der Waals surface area (Å²) < 4.78 is 26.8. The molecule has 0 aliphatic carbocycles. The van der Waals surface area contributed by atoms with Gasteiger partial charge in [-0.2, -0.15) is 0 Å². The van der Waals surface area contributed by atoms with Crippen LogP contribution in [0.25, 0.3) is 0 Å². The molecular formula is C13H15N3O2S. The van der Waals surface area contributed by atoms with Crippen LogP contribution in [0.5, 0.6) is 0 Å². The molecule has 100 valence electrons. The van der Waals surface area contributed by atoms with Crippen molar-refractivity contribution >= 4 is 21.4 Å². The molecule has 3 N–H and O–H groups in total. The largest absolute Gasteiger partial charge is 0.397 e. The normalized spacial score (nSPS) is 11.3. The number of pyridine rings is 1. The van der Waals surface area contributed by atoms with Crippen LogP contribution in [0.3, 0.4) is 0 Å². The van der Waals surface area contributed by atoms with Crippen molar-refractivity contribution in [2.45, 2.75) is 18.7 Å². The highest BCUT2D eigenvalue weighted by molar-refractivity contribution is 7.92. The molecule has 0 unspecified atom stereocenters. The lowest BCUT2D eigenvalue weighted by Gasteiger charge is -2.12. The van der Waals surface area contributed by atoms with Gasteiger partial charge >= 0.3 is 0 Å². The molecule has 0 amide bonds. The lowest BCUT2D eigenvalue weighted by molar-refractivity contribution is 0.601. The zero-order valence-electron chi connectivity index (χ0n) is 10.7. The molecule has 2 aromatic rings. The van der Waals surface area contributed by atoms with Crippen LogP contribution < -0.4 is 10.5 Å². The topological polar surface area (TPSA) is 85.1 Å². The molecule has 1 heterocycles. The average molecular weight is 277 g/mol. The number of nitrogens with two attached hydrogens (primary N) is 1. The van der Waals surface area contributed by atoms with Gasteiger partial charge in [0.05, 0.1) is 11.4 Å². The number of nitrogens with zero attached hydrogens (tertiary/aromatic N) is 1. The predicted molar refractivity (Wildman–Crippen MR) is 75.4 cm³/mol. The number of nitrogens with one attached hydrogen (secondary N) is 1. The van der Waals surface area contributed by atoms with E-state index in [1.165, 1.54) is 18.5 Å². The Morgan fingerprint density at radius 2 is 1.89 bits per heavy atom. The van der Waals surface area contributed by atoms with E-state index in [9.17, 15) is 8.42 Å². The van der Waals surface area contributed by atoms with Crippen molar-refractivity contribution in [2.24, 2.45) is 0 Å². The quantitative estimate of drug-likeness (QED) is 0.841. The van der Waals surface area contributed by atoms with Gasteiger partial charge in [-0.15, -0.1) is 0 Å². The molecule has 0 saturated heterocycles. The Kier molecular flexibility index (Phi) is 3.44. The molecule has 5 nitrogen and oxygen atoms in total. The zero-order valence-corrected chi connectivity index (χ0v) is 11.5. The molecule has 0 spiro atoms. The Morgan fingerprint density at radius 1 is 1.21 bits per heavy atom. The summed E-state index contributed by atoms with van der Waals surface area (Å²) >= 11 is 0. The molecule has 6 heteroatoms. The van der Waals surface area contributed by atoms with Gasteiger partial charge in [-0.05, 0) is 49.2 Å². The van der Waals surface area contributed by atoms with Crippen molar-refractivity contribution in [3.63, 3.8) is 0 Å². The van der Waals surface area contributed by atoms with Gasteiger partial charge in [0, 0.05) is 12.4 Å². The van der Waals surface area contributed by atoms with Crippen LogP contribution in [0.4, 0.5) is 11.4 Å². The summed E-state index contributed by atoms with van der Waals surface area (Å²) in [7, 11) is -3.66. The SMILES string of the molecule is Cc1cc(N)c(NS(=O)(=O)c2cccnc2)cc1C. The maximum absolute atomic E-state index is 12.1. The molecule has 1 aromatic heterocycles. The van der Waals surface area contributed by atoms with Crippen molar-refractivity contribution in [2.75, 3.05) is 10.5 Å². The third-order valence-corrected chi connectivity index (χ3v) is 4.21. The first kappa shape index (κ1) is 13.4. The molecule has 0 atom stereocenters. The van der Waals surface area contributed by atoms with E-state index in [1.807, 2.05) is 13.8 Å². The summed E-state index contributed by atoms with van der Waals surface area (Å²) in [4.78, 5) is 3.90. The third-order valence-electron chi connectivity index (χ3n) is 2.85. The number of anilines is 2. The summed E-state index contributed by atoms with van der Waals surface area (Å²) in [6, 6.07) is 6.51. The number of nitrogen functional groups attached to an aromatic ring is 1. The van der Waals surface area contributed by atoms with Gasteiger partial charge in [0.2, 0.25) is 0 Å². The van der Waals surface area contributed by atoms with Gasteiger partial charge in [0.25, 0.3) is 10.0 Å². The van der Waals surface area contributed by atoms with Crippen LogP contribution in [0, 0.1) is 13.8 Å². The highest BCUT2D eigenvalue weighted by atomic mass is 32.2. The van der Waals surface area contributed by atoms with Crippen LogP contribution in [-0.2, 0) is 10.0 Å². The molecular weight excluding hydrogens is 262 g/mol. The van der Waals surface area contributed by atoms with E-state index in [-0.39, 0.29) is 4.90 Å². The second kappa shape index (κ2) is 4.89. The molecule has 1 aromatic carbocycles. The van der Waals surface area contributed by atoms with Crippen LogP contribution >= 0.6 is 0 Å². The van der Waals surface area contributed by atoms with E-state index < -0.39 is 10.0 Å². The maximum atomic E-state index is 12.1. The number of aryl methyl sites for hydroxylation is 2. The number of hydrogen-bond acceptors (Lipinski definition) is 4. The number of sulfonamides is 1. The second-order valence-corrected chi connectivity index (χ2v) is 6.00. The van der Waals surface area contributed by atoms with Crippen molar-refractivity contribution in [3.8, 4) is 0 Å². The summed E-state index contributed by atoms with van der Waals surface area (Å²) in [5.41, 5.74) is 8.60. The highest BCUT2D eigenvalue weighted by Gasteiger charge is 2.15. The van der Waals surface area contributed by atoms with Crippen molar-refractivity contribution < 1.29 is 8.42 Å². The number of benzene rings is 1. The maximum Gasteiger partial charge on any atom is 0.263 e. The van der Waals surface area contributed by atoms with Crippen LogP contribution in [0.2, 0.25) is 0 Å². The smallest absolute Gasteiger partial charge is 0.263 e. The third kappa shape index (κ3) is 2.85. The van der Waals surface area contributed by atoms with Gasteiger partial charge in [-0.1, -0.05) is 0 Å². The van der Waals surface area contributed by atoms with Gasteiger partial charge < -0.3 is 5.73 Å². The summed E-state index contributed by atoms with van der Waals surface area (Å²) in [6.07, 6.45) is 2.81.